The predicted octanol–water partition coefficient (Wildman–Crippen LogP) is 1.75. The number of carbonyl (C=O) groups is 1. The SMILES string of the molecule is COc1ccc(N2CCCC2=O)nc1N1C[C@@H](C)N(C)[C@@H](C)C1. The van der Waals surface area contributed by atoms with Crippen LogP contribution in [0.3, 0.4) is 0 Å². The van der Waals surface area contributed by atoms with Gasteiger partial charge in [-0.3, -0.25) is 14.6 Å². The largest absolute Gasteiger partial charge is 0.493 e. The molecule has 1 aromatic rings. The molecule has 126 valence electrons. The molecule has 2 fully saturated rings. The number of piperazine rings is 1. The summed E-state index contributed by atoms with van der Waals surface area (Å²) >= 11 is 0. The monoisotopic (exact) mass is 318 g/mol. The Labute approximate surface area is 138 Å². The van der Waals surface area contributed by atoms with Crippen LogP contribution < -0.4 is 14.5 Å². The molecule has 2 aliphatic rings. The third-order valence-corrected chi connectivity index (χ3v) is 5.05. The number of pyridine rings is 1. The van der Waals surface area contributed by atoms with Crippen molar-refractivity contribution < 1.29 is 9.53 Å². The quantitative estimate of drug-likeness (QED) is 0.850. The highest BCUT2D eigenvalue weighted by molar-refractivity contribution is 5.94. The molecule has 0 aliphatic carbocycles. The lowest BCUT2D eigenvalue weighted by atomic mass is 10.1. The maximum atomic E-state index is 12.0. The smallest absolute Gasteiger partial charge is 0.228 e. The molecule has 0 saturated carbocycles. The van der Waals surface area contributed by atoms with Crippen molar-refractivity contribution in [1.29, 1.82) is 0 Å². The lowest BCUT2D eigenvalue weighted by Crippen LogP contribution is -2.55. The van der Waals surface area contributed by atoms with Gasteiger partial charge in [0.1, 0.15) is 5.82 Å². The van der Waals surface area contributed by atoms with Gasteiger partial charge in [0.25, 0.3) is 0 Å². The van der Waals surface area contributed by atoms with E-state index in [0.717, 1.165) is 43.4 Å². The van der Waals surface area contributed by atoms with Crippen LogP contribution in [0.4, 0.5) is 11.6 Å². The zero-order valence-corrected chi connectivity index (χ0v) is 14.5. The Bertz CT molecular complexity index is 580. The van der Waals surface area contributed by atoms with Crippen LogP contribution in [0.1, 0.15) is 26.7 Å². The summed E-state index contributed by atoms with van der Waals surface area (Å²) < 4.78 is 5.52. The highest BCUT2D eigenvalue weighted by Crippen LogP contribution is 2.32. The van der Waals surface area contributed by atoms with Gasteiger partial charge in [0.15, 0.2) is 11.6 Å². The molecule has 0 unspecified atom stereocenters. The lowest BCUT2D eigenvalue weighted by molar-refractivity contribution is -0.117. The van der Waals surface area contributed by atoms with E-state index < -0.39 is 0 Å². The predicted molar refractivity (Wildman–Crippen MR) is 91.3 cm³/mol. The zero-order chi connectivity index (χ0) is 16.6. The molecule has 2 aliphatic heterocycles. The number of nitrogens with zero attached hydrogens (tertiary/aromatic N) is 4. The fourth-order valence-electron chi connectivity index (χ4n) is 3.43. The number of carbonyl (C=O) groups excluding carboxylic acids is 1. The number of ether oxygens (including phenoxy) is 1. The molecule has 2 saturated heterocycles. The van der Waals surface area contributed by atoms with Gasteiger partial charge in [-0.2, -0.15) is 0 Å². The lowest BCUT2D eigenvalue weighted by Gasteiger charge is -2.43. The van der Waals surface area contributed by atoms with Crippen molar-refractivity contribution >= 4 is 17.5 Å². The van der Waals surface area contributed by atoms with Crippen LogP contribution in [-0.4, -0.2) is 61.7 Å². The van der Waals surface area contributed by atoms with Gasteiger partial charge in [-0.25, -0.2) is 4.98 Å². The van der Waals surface area contributed by atoms with E-state index in [2.05, 4.69) is 30.7 Å². The summed E-state index contributed by atoms with van der Waals surface area (Å²) in [5.74, 6) is 2.51. The number of hydrogen-bond donors (Lipinski definition) is 0. The van der Waals surface area contributed by atoms with Gasteiger partial charge in [0.05, 0.1) is 7.11 Å². The molecule has 0 radical (unpaired) electrons. The summed E-state index contributed by atoms with van der Waals surface area (Å²) in [5, 5.41) is 0. The molecule has 1 amide bonds. The van der Waals surface area contributed by atoms with E-state index in [-0.39, 0.29) is 5.91 Å². The molecule has 3 rings (SSSR count). The second-order valence-electron chi connectivity index (χ2n) is 6.61. The fraction of sp³-hybridized carbons (Fsp3) is 0.647. The van der Waals surface area contributed by atoms with E-state index in [9.17, 15) is 4.79 Å². The van der Waals surface area contributed by atoms with Crippen LogP contribution >= 0.6 is 0 Å². The normalized spacial score (nSPS) is 26.0. The number of likely N-dealkylation sites (N-methyl/N-ethyl adjacent to an activating group) is 1. The minimum Gasteiger partial charge on any atom is -0.493 e. The number of hydrogen-bond acceptors (Lipinski definition) is 5. The number of anilines is 2. The van der Waals surface area contributed by atoms with Crippen LogP contribution in [-0.2, 0) is 4.79 Å². The van der Waals surface area contributed by atoms with Gasteiger partial charge in [-0.15, -0.1) is 0 Å². The van der Waals surface area contributed by atoms with Gasteiger partial charge in [0, 0.05) is 38.1 Å². The summed E-state index contributed by atoms with van der Waals surface area (Å²) in [5.41, 5.74) is 0. The van der Waals surface area contributed by atoms with Crippen molar-refractivity contribution in [3.8, 4) is 5.75 Å². The highest BCUT2D eigenvalue weighted by Gasteiger charge is 2.30. The topological polar surface area (TPSA) is 48.9 Å². The molecule has 1 aromatic heterocycles. The van der Waals surface area contributed by atoms with Crippen LogP contribution in [0.15, 0.2) is 12.1 Å². The van der Waals surface area contributed by atoms with Crippen LogP contribution in [0, 0.1) is 0 Å². The summed E-state index contributed by atoms with van der Waals surface area (Å²) in [6.45, 7) is 7.02. The van der Waals surface area contributed by atoms with E-state index in [1.165, 1.54) is 0 Å². The highest BCUT2D eigenvalue weighted by atomic mass is 16.5. The molecule has 6 nitrogen and oxygen atoms in total. The molecule has 6 heteroatoms. The van der Waals surface area contributed by atoms with Crippen LogP contribution in [0.25, 0.3) is 0 Å². The second-order valence-corrected chi connectivity index (χ2v) is 6.61. The molecule has 23 heavy (non-hydrogen) atoms. The molecule has 0 spiro atoms. The average molecular weight is 318 g/mol. The zero-order valence-electron chi connectivity index (χ0n) is 14.5. The molecule has 2 atom stereocenters. The van der Waals surface area contributed by atoms with E-state index in [4.69, 9.17) is 9.72 Å². The first-order valence-corrected chi connectivity index (χ1v) is 8.33. The molecular weight excluding hydrogens is 292 g/mol. The van der Waals surface area contributed by atoms with E-state index in [1.807, 2.05) is 12.1 Å². The molecule has 3 heterocycles. The Hall–Kier alpha value is -1.82. The van der Waals surface area contributed by atoms with E-state index in [1.54, 1.807) is 12.0 Å². The fourth-order valence-corrected chi connectivity index (χ4v) is 3.43. The average Bonchev–Trinajstić information content (AvgIpc) is 2.97. The first-order valence-electron chi connectivity index (χ1n) is 8.33. The molecule has 0 N–H and O–H groups in total. The van der Waals surface area contributed by atoms with E-state index in [0.29, 0.717) is 18.5 Å². The van der Waals surface area contributed by atoms with Crippen molar-refractivity contribution in [2.45, 2.75) is 38.8 Å². The number of rotatable bonds is 3. The summed E-state index contributed by atoms with van der Waals surface area (Å²) in [7, 11) is 3.83. The number of aromatic nitrogens is 1. The Balaban J connectivity index is 1.92. The molecule has 0 bridgehead atoms. The minimum atomic E-state index is 0.161. The number of methoxy groups -OCH3 is 1. The number of amides is 1. The Morgan fingerprint density at radius 1 is 1.22 bits per heavy atom. The van der Waals surface area contributed by atoms with Gasteiger partial charge in [0.2, 0.25) is 5.91 Å². The second kappa shape index (κ2) is 6.35. The first kappa shape index (κ1) is 16.1. The third-order valence-electron chi connectivity index (χ3n) is 5.05. The summed E-state index contributed by atoms with van der Waals surface area (Å²) in [6.07, 6.45) is 1.52. The Morgan fingerprint density at radius 2 is 1.91 bits per heavy atom. The van der Waals surface area contributed by atoms with Gasteiger partial charge >= 0.3 is 0 Å². The van der Waals surface area contributed by atoms with Crippen molar-refractivity contribution in [2.75, 3.05) is 43.6 Å². The van der Waals surface area contributed by atoms with Crippen molar-refractivity contribution in [1.82, 2.24) is 9.88 Å². The van der Waals surface area contributed by atoms with Crippen molar-refractivity contribution in [2.24, 2.45) is 0 Å². The maximum Gasteiger partial charge on any atom is 0.228 e. The van der Waals surface area contributed by atoms with Gasteiger partial charge in [-0.05, 0) is 39.4 Å². The van der Waals surface area contributed by atoms with Gasteiger partial charge in [-0.1, -0.05) is 0 Å². The van der Waals surface area contributed by atoms with E-state index >= 15 is 0 Å². The van der Waals surface area contributed by atoms with Gasteiger partial charge < -0.3 is 9.64 Å². The first-order chi connectivity index (χ1) is 11.0. The minimum absolute atomic E-state index is 0.161. The molecule has 0 aromatic carbocycles. The standard InChI is InChI=1S/C17H26N4O2/c1-12-10-20(11-13(2)19(12)3)17-14(23-4)7-8-15(18-17)21-9-5-6-16(21)22/h7-8,12-13H,5-6,9-11H2,1-4H3/t12-,13+. The maximum absolute atomic E-state index is 12.0. The van der Waals surface area contributed by atoms with Crippen molar-refractivity contribution in [3.63, 3.8) is 0 Å². The Kier molecular flexibility index (Phi) is 4.43. The summed E-state index contributed by atoms with van der Waals surface area (Å²) in [4.78, 5) is 23.2. The Morgan fingerprint density at radius 3 is 2.48 bits per heavy atom. The van der Waals surface area contributed by atoms with Crippen LogP contribution in [0.2, 0.25) is 0 Å². The van der Waals surface area contributed by atoms with Crippen molar-refractivity contribution in [3.05, 3.63) is 12.1 Å². The van der Waals surface area contributed by atoms with Crippen LogP contribution in [0.5, 0.6) is 5.75 Å². The summed E-state index contributed by atoms with van der Waals surface area (Å²) in [6, 6.07) is 4.70. The molecular formula is C17H26N4O2. The third kappa shape index (κ3) is 3.00.